The lowest BCUT2D eigenvalue weighted by Gasteiger charge is -2.00. The lowest BCUT2D eigenvalue weighted by atomic mass is 10.2. The van der Waals surface area contributed by atoms with Crippen molar-refractivity contribution >= 4 is 22.9 Å². The van der Waals surface area contributed by atoms with Gasteiger partial charge in [-0.2, -0.15) is 0 Å². The van der Waals surface area contributed by atoms with E-state index in [0.29, 0.717) is 0 Å². The molecule has 0 spiro atoms. The smallest absolute Gasteiger partial charge is 0.215 e. The molecule has 0 aliphatic carbocycles. The molecule has 1 aromatic carbocycles. The average Bonchev–Trinajstić information content (AvgIpc) is 2.93. The molecule has 0 atom stereocenters. The fraction of sp³-hybridized carbons (Fsp3) is 0.188. The van der Waals surface area contributed by atoms with Crippen LogP contribution in [-0.4, -0.2) is 14.0 Å². The highest BCUT2D eigenvalue weighted by atomic mass is 15.2. The van der Waals surface area contributed by atoms with Crippen LogP contribution in [0.1, 0.15) is 18.3 Å². The molecule has 0 unspecified atom stereocenters. The molecular formula is C16H17N3. The van der Waals surface area contributed by atoms with Crippen LogP contribution in [0.4, 0.5) is 0 Å². The fourth-order valence-electron chi connectivity index (χ4n) is 2.63. The highest BCUT2D eigenvalue weighted by Gasteiger charge is 2.15. The number of aryl methyl sites for hydroxylation is 2. The number of hydrogen-bond acceptors (Lipinski definition) is 1. The second kappa shape index (κ2) is 4.43. The van der Waals surface area contributed by atoms with Crippen LogP contribution in [0.3, 0.4) is 0 Å². The van der Waals surface area contributed by atoms with Crippen molar-refractivity contribution in [2.24, 2.45) is 7.05 Å². The number of benzene rings is 1. The molecule has 0 saturated heterocycles. The minimum atomic E-state index is 0.967. The quantitative estimate of drug-likeness (QED) is 0.652. The summed E-state index contributed by atoms with van der Waals surface area (Å²) in [4.78, 5) is 4.72. The number of hydrogen-bond donors (Lipinski definition) is 0. The van der Waals surface area contributed by atoms with Gasteiger partial charge in [-0.15, -0.1) is 0 Å². The van der Waals surface area contributed by atoms with Crippen LogP contribution < -0.4 is 0 Å². The molecule has 96 valence electrons. The number of nitrogens with zero attached hydrogens (tertiary/aromatic N) is 3. The number of allylic oxidation sites excluding steroid dienone is 2. The van der Waals surface area contributed by atoms with Crippen LogP contribution >= 0.6 is 0 Å². The van der Waals surface area contributed by atoms with Crippen molar-refractivity contribution in [1.29, 1.82) is 0 Å². The molecule has 3 heteroatoms. The van der Waals surface area contributed by atoms with Crippen LogP contribution in [0.5, 0.6) is 0 Å². The molecule has 0 saturated carbocycles. The van der Waals surface area contributed by atoms with Crippen molar-refractivity contribution in [3.05, 3.63) is 54.4 Å². The molecular weight excluding hydrogens is 234 g/mol. The van der Waals surface area contributed by atoms with E-state index in [0.717, 1.165) is 17.7 Å². The summed E-state index contributed by atoms with van der Waals surface area (Å²) in [6.45, 7) is 5.91. The second-order valence-corrected chi connectivity index (χ2v) is 4.58. The molecule has 3 rings (SSSR count). The van der Waals surface area contributed by atoms with Crippen LogP contribution in [0.2, 0.25) is 0 Å². The summed E-state index contributed by atoms with van der Waals surface area (Å²) in [5, 5.41) is 0. The molecule has 0 fully saturated rings. The lowest BCUT2D eigenvalue weighted by Crippen LogP contribution is -1.94. The Morgan fingerprint density at radius 3 is 2.84 bits per heavy atom. The maximum Gasteiger partial charge on any atom is 0.215 e. The summed E-state index contributed by atoms with van der Waals surface area (Å²) in [7, 11) is 2.06. The Kier molecular flexibility index (Phi) is 2.75. The fourth-order valence-corrected chi connectivity index (χ4v) is 2.63. The first kappa shape index (κ1) is 11.8. The number of rotatable bonds is 3. The molecule has 0 radical (unpaired) electrons. The third kappa shape index (κ3) is 1.62. The second-order valence-electron chi connectivity index (χ2n) is 4.58. The van der Waals surface area contributed by atoms with E-state index in [4.69, 9.17) is 4.98 Å². The zero-order chi connectivity index (χ0) is 13.4. The third-order valence-electron chi connectivity index (χ3n) is 3.50. The van der Waals surface area contributed by atoms with E-state index in [1.165, 1.54) is 16.9 Å². The van der Waals surface area contributed by atoms with Crippen LogP contribution in [-0.2, 0) is 13.5 Å². The Bertz CT molecular complexity index is 787. The van der Waals surface area contributed by atoms with Crippen molar-refractivity contribution in [2.45, 2.75) is 13.3 Å². The number of imidazole rings is 2. The summed E-state index contributed by atoms with van der Waals surface area (Å²) in [5.41, 5.74) is 4.69. The lowest BCUT2D eigenvalue weighted by molar-refractivity contribution is 0.924. The van der Waals surface area contributed by atoms with E-state index in [2.05, 4.69) is 53.8 Å². The molecule has 19 heavy (non-hydrogen) atoms. The molecule has 2 heterocycles. The van der Waals surface area contributed by atoms with Crippen molar-refractivity contribution in [3.8, 4) is 0 Å². The van der Waals surface area contributed by atoms with Crippen LogP contribution in [0.25, 0.3) is 22.9 Å². The molecule has 2 aromatic heterocycles. The van der Waals surface area contributed by atoms with Gasteiger partial charge in [0.1, 0.15) is 0 Å². The van der Waals surface area contributed by atoms with E-state index >= 15 is 0 Å². The van der Waals surface area contributed by atoms with E-state index in [1.807, 2.05) is 12.1 Å². The SMILES string of the molecule is C=C/C=C\c1c(CC)n2c3ccccc3nc2n1C. The first-order chi connectivity index (χ1) is 9.27. The van der Waals surface area contributed by atoms with Crippen molar-refractivity contribution in [3.63, 3.8) is 0 Å². The van der Waals surface area contributed by atoms with Crippen LogP contribution in [0, 0.1) is 0 Å². The Morgan fingerprint density at radius 1 is 1.32 bits per heavy atom. The monoisotopic (exact) mass is 251 g/mol. The summed E-state index contributed by atoms with van der Waals surface area (Å²) >= 11 is 0. The van der Waals surface area contributed by atoms with Gasteiger partial charge in [0.05, 0.1) is 16.7 Å². The summed E-state index contributed by atoms with van der Waals surface area (Å²) in [6.07, 6.45) is 6.83. The van der Waals surface area contributed by atoms with Crippen molar-refractivity contribution in [1.82, 2.24) is 14.0 Å². The van der Waals surface area contributed by atoms with Gasteiger partial charge in [0, 0.05) is 12.7 Å². The maximum atomic E-state index is 4.72. The molecule has 0 aliphatic heterocycles. The first-order valence-corrected chi connectivity index (χ1v) is 6.51. The van der Waals surface area contributed by atoms with Crippen molar-refractivity contribution in [2.75, 3.05) is 0 Å². The van der Waals surface area contributed by atoms with Crippen LogP contribution in [0.15, 0.2) is 43.0 Å². The maximum absolute atomic E-state index is 4.72. The zero-order valence-corrected chi connectivity index (χ0v) is 11.3. The third-order valence-corrected chi connectivity index (χ3v) is 3.50. The minimum Gasteiger partial charge on any atom is -0.313 e. The highest BCUT2D eigenvalue weighted by Crippen LogP contribution is 2.24. The first-order valence-electron chi connectivity index (χ1n) is 6.51. The largest absolute Gasteiger partial charge is 0.313 e. The van der Waals surface area contributed by atoms with Gasteiger partial charge in [0.25, 0.3) is 0 Å². The number of para-hydroxylation sites is 2. The van der Waals surface area contributed by atoms with Gasteiger partial charge >= 0.3 is 0 Å². The Balaban J connectivity index is 2.44. The van der Waals surface area contributed by atoms with Gasteiger partial charge in [-0.05, 0) is 24.6 Å². The average molecular weight is 251 g/mol. The summed E-state index contributed by atoms with van der Waals surface area (Å²) < 4.78 is 4.39. The Morgan fingerprint density at radius 2 is 2.11 bits per heavy atom. The normalized spacial score (nSPS) is 11.9. The molecule has 0 N–H and O–H groups in total. The van der Waals surface area contributed by atoms with Gasteiger partial charge in [-0.25, -0.2) is 4.98 Å². The predicted molar refractivity (Wildman–Crippen MR) is 80.3 cm³/mol. The topological polar surface area (TPSA) is 22.2 Å². The minimum absolute atomic E-state index is 0.967. The number of fused-ring (bicyclic) bond motifs is 3. The van der Waals surface area contributed by atoms with Gasteiger partial charge in [-0.1, -0.05) is 37.8 Å². The molecule has 3 aromatic rings. The van der Waals surface area contributed by atoms with E-state index in [9.17, 15) is 0 Å². The highest BCUT2D eigenvalue weighted by molar-refractivity contribution is 5.81. The summed E-state index contributed by atoms with van der Waals surface area (Å²) in [6, 6.07) is 8.26. The predicted octanol–water partition coefficient (Wildman–Crippen LogP) is 3.59. The molecule has 0 amide bonds. The Labute approximate surface area is 112 Å². The van der Waals surface area contributed by atoms with Gasteiger partial charge in [0.15, 0.2) is 0 Å². The van der Waals surface area contributed by atoms with Gasteiger partial charge in [0.2, 0.25) is 5.78 Å². The Hall–Kier alpha value is -2.29. The zero-order valence-electron chi connectivity index (χ0n) is 11.3. The standard InChI is InChI=1S/C16H17N3/c1-4-6-10-15-13(5-2)19-14-11-8-7-9-12(14)17-16(19)18(15)3/h4,6-11H,1,5H2,2-3H3/b10-6-. The van der Waals surface area contributed by atoms with Gasteiger partial charge in [-0.3, -0.25) is 4.40 Å². The van der Waals surface area contributed by atoms with Crippen molar-refractivity contribution < 1.29 is 0 Å². The molecule has 3 nitrogen and oxygen atoms in total. The van der Waals surface area contributed by atoms with E-state index in [1.54, 1.807) is 6.08 Å². The van der Waals surface area contributed by atoms with Gasteiger partial charge < -0.3 is 4.57 Å². The molecule has 0 bridgehead atoms. The van der Waals surface area contributed by atoms with E-state index in [-0.39, 0.29) is 0 Å². The number of aromatic nitrogens is 3. The summed E-state index contributed by atoms with van der Waals surface area (Å²) in [5.74, 6) is 0.988. The molecule has 0 aliphatic rings. The van der Waals surface area contributed by atoms with E-state index < -0.39 is 0 Å².